The number of halogens is 1. The Hall–Kier alpha value is -3.09. The first-order valence-electron chi connectivity index (χ1n) is 8.00. The second-order valence-corrected chi connectivity index (χ2v) is 5.81. The summed E-state index contributed by atoms with van der Waals surface area (Å²) in [5.74, 6) is -0.567. The van der Waals surface area contributed by atoms with E-state index in [0.29, 0.717) is 37.4 Å². The number of para-hydroxylation sites is 1. The van der Waals surface area contributed by atoms with Gasteiger partial charge in [-0.25, -0.2) is 9.18 Å². The maximum Gasteiger partial charge on any atom is 0.322 e. The van der Waals surface area contributed by atoms with Crippen LogP contribution in [0.3, 0.4) is 0 Å². The summed E-state index contributed by atoms with van der Waals surface area (Å²) in [7, 11) is 0. The number of hydrogen-bond acceptors (Lipinski definition) is 3. The monoisotopic (exact) mass is 342 g/mol. The average Bonchev–Trinajstić information content (AvgIpc) is 2.64. The summed E-state index contributed by atoms with van der Waals surface area (Å²) in [6.07, 6.45) is 0. The molecule has 0 spiro atoms. The molecule has 3 N–H and O–H groups in total. The zero-order chi connectivity index (χ0) is 17.8. The van der Waals surface area contributed by atoms with E-state index in [0.717, 1.165) is 0 Å². The van der Waals surface area contributed by atoms with Crippen molar-refractivity contribution in [3.63, 3.8) is 0 Å². The highest BCUT2D eigenvalue weighted by molar-refractivity contribution is 5.95. The molecule has 2 aromatic carbocycles. The molecule has 3 rings (SSSR count). The summed E-state index contributed by atoms with van der Waals surface area (Å²) in [6, 6.07) is 12.4. The van der Waals surface area contributed by atoms with Crippen LogP contribution in [-0.2, 0) is 0 Å². The number of carbonyl (C=O) groups is 2. The van der Waals surface area contributed by atoms with Crippen LogP contribution in [-0.4, -0.2) is 47.9 Å². The van der Waals surface area contributed by atoms with Gasteiger partial charge in [-0.2, -0.15) is 0 Å². The van der Waals surface area contributed by atoms with Gasteiger partial charge >= 0.3 is 6.03 Å². The predicted octanol–water partition coefficient (Wildman–Crippen LogP) is 2.40. The molecular weight excluding hydrogens is 323 g/mol. The molecule has 25 heavy (non-hydrogen) atoms. The van der Waals surface area contributed by atoms with Gasteiger partial charge in [-0.15, -0.1) is 0 Å². The van der Waals surface area contributed by atoms with Crippen molar-refractivity contribution in [2.75, 3.05) is 37.2 Å². The largest absolute Gasteiger partial charge is 0.399 e. The van der Waals surface area contributed by atoms with E-state index in [-0.39, 0.29) is 17.6 Å². The zero-order valence-electron chi connectivity index (χ0n) is 13.6. The summed E-state index contributed by atoms with van der Waals surface area (Å²) >= 11 is 0. The molecule has 0 unspecified atom stereocenters. The number of rotatable bonds is 2. The van der Waals surface area contributed by atoms with Crippen molar-refractivity contribution in [1.82, 2.24) is 9.80 Å². The Morgan fingerprint density at radius 3 is 2.16 bits per heavy atom. The highest BCUT2D eigenvalue weighted by Gasteiger charge is 2.25. The van der Waals surface area contributed by atoms with Crippen LogP contribution in [0.1, 0.15) is 10.4 Å². The molecule has 0 atom stereocenters. The fourth-order valence-electron chi connectivity index (χ4n) is 2.68. The van der Waals surface area contributed by atoms with E-state index in [1.807, 2.05) is 0 Å². The molecule has 1 aliphatic rings. The molecule has 0 aromatic heterocycles. The first-order valence-corrected chi connectivity index (χ1v) is 8.00. The lowest BCUT2D eigenvalue weighted by Crippen LogP contribution is -2.51. The van der Waals surface area contributed by atoms with Crippen molar-refractivity contribution in [3.05, 3.63) is 59.9 Å². The van der Waals surface area contributed by atoms with E-state index >= 15 is 0 Å². The van der Waals surface area contributed by atoms with Crippen LogP contribution in [0.2, 0.25) is 0 Å². The van der Waals surface area contributed by atoms with Crippen LogP contribution < -0.4 is 11.1 Å². The SMILES string of the molecule is Nc1ccc(C(=O)N2CCN(C(=O)Nc3ccccc3F)CC2)cc1. The lowest BCUT2D eigenvalue weighted by atomic mass is 10.1. The number of anilines is 2. The number of hydrogen-bond donors (Lipinski definition) is 2. The standard InChI is InChI=1S/C18H19FN4O2/c19-15-3-1-2-4-16(15)21-18(25)23-11-9-22(10-12-23)17(24)13-5-7-14(20)8-6-13/h1-8H,9-12,20H2,(H,21,25). The third kappa shape index (κ3) is 3.88. The number of nitrogens with one attached hydrogen (secondary N) is 1. The number of nitrogen functional groups attached to an aromatic ring is 1. The van der Waals surface area contributed by atoms with E-state index in [4.69, 9.17) is 5.73 Å². The second kappa shape index (κ2) is 7.21. The van der Waals surface area contributed by atoms with Gasteiger partial charge in [-0.1, -0.05) is 12.1 Å². The molecule has 130 valence electrons. The van der Waals surface area contributed by atoms with Crippen molar-refractivity contribution in [1.29, 1.82) is 0 Å². The Balaban J connectivity index is 1.56. The fraction of sp³-hybridized carbons (Fsp3) is 0.222. The highest BCUT2D eigenvalue weighted by Crippen LogP contribution is 2.15. The van der Waals surface area contributed by atoms with E-state index in [2.05, 4.69) is 5.32 Å². The van der Waals surface area contributed by atoms with Gasteiger partial charge in [-0.3, -0.25) is 4.79 Å². The molecule has 0 bridgehead atoms. The van der Waals surface area contributed by atoms with Crippen LogP contribution in [0.15, 0.2) is 48.5 Å². The maximum absolute atomic E-state index is 13.6. The minimum absolute atomic E-state index is 0.0887. The molecule has 1 aliphatic heterocycles. The number of piperazine rings is 1. The quantitative estimate of drug-likeness (QED) is 0.823. The number of carbonyl (C=O) groups excluding carboxylic acids is 2. The molecule has 0 saturated carbocycles. The zero-order valence-corrected chi connectivity index (χ0v) is 13.6. The topological polar surface area (TPSA) is 78.7 Å². The van der Waals surface area contributed by atoms with E-state index in [1.54, 1.807) is 46.2 Å². The first kappa shape index (κ1) is 16.8. The number of benzene rings is 2. The summed E-state index contributed by atoms with van der Waals surface area (Å²) in [4.78, 5) is 27.9. The van der Waals surface area contributed by atoms with Gasteiger partial charge in [0.2, 0.25) is 0 Å². The van der Waals surface area contributed by atoms with Crippen molar-refractivity contribution in [2.45, 2.75) is 0 Å². The number of nitrogens with zero attached hydrogens (tertiary/aromatic N) is 2. The lowest BCUT2D eigenvalue weighted by molar-refractivity contribution is 0.0671. The van der Waals surface area contributed by atoms with Crippen LogP contribution in [0.4, 0.5) is 20.6 Å². The summed E-state index contributed by atoms with van der Waals surface area (Å²) in [5.41, 5.74) is 6.95. The summed E-state index contributed by atoms with van der Waals surface area (Å²) in [5, 5.41) is 2.56. The molecule has 1 fully saturated rings. The molecule has 7 heteroatoms. The van der Waals surface area contributed by atoms with Gasteiger partial charge in [0, 0.05) is 37.4 Å². The van der Waals surface area contributed by atoms with Crippen LogP contribution in [0, 0.1) is 5.82 Å². The van der Waals surface area contributed by atoms with Gasteiger partial charge in [0.1, 0.15) is 5.82 Å². The second-order valence-electron chi connectivity index (χ2n) is 5.81. The smallest absolute Gasteiger partial charge is 0.322 e. The Morgan fingerprint density at radius 2 is 1.52 bits per heavy atom. The van der Waals surface area contributed by atoms with E-state index in [1.165, 1.54) is 12.1 Å². The van der Waals surface area contributed by atoms with Crippen molar-refractivity contribution in [3.8, 4) is 0 Å². The fourth-order valence-corrected chi connectivity index (χ4v) is 2.68. The van der Waals surface area contributed by atoms with Gasteiger partial charge in [0.25, 0.3) is 5.91 Å². The van der Waals surface area contributed by atoms with Gasteiger partial charge in [-0.05, 0) is 36.4 Å². The average molecular weight is 342 g/mol. The molecular formula is C18H19FN4O2. The first-order chi connectivity index (χ1) is 12.0. The van der Waals surface area contributed by atoms with Crippen LogP contribution in [0.25, 0.3) is 0 Å². The minimum Gasteiger partial charge on any atom is -0.399 e. The van der Waals surface area contributed by atoms with Gasteiger partial charge < -0.3 is 20.9 Å². The summed E-state index contributed by atoms with van der Waals surface area (Å²) in [6.45, 7) is 1.63. The molecule has 3 amide bonds. The normalized spacial score (nSPS) is 14.3. The van der Waals surface area contributed by atoms with Crippen molar-refractivity contribution in [2.24, 2.45) is 0 Å². The Morgan fingerprint density at radius 1 is 0.920 bits per heavy atom. The van der Waals surface area contributed by atoms with Crippen molar-refractivity contribution < 1.29 is 14.0 Å². The third-order valence-electron chi connectivity index (χ3n) is 4.13. The number of amides is 3. The lowest BCUT2D eigenvalue weighted by Gasteiger charge is -2.34. The predicted molar refractivity (Wildman–Crippen MR) is 93.7 cm³/mol. The third-order valence-corrected chi connectivity index (χ3v) is 4.13. The molecule has 2 aromatic rings. The van der Waals surface area contributed by atoms with E-state index in [9.17, 15) is 14.0 Å². The molecule has 1 saturated heterocycles. The van der Waals surface area contributed by atoms with Gasteiger partial charge in [0.05, 0.1) is 5.69 Å². The van der Waals surface area contributed by atoms with Crippen LogP contribution >= 0.6 is 0 Å². The summed E-state index contributed by atoms with van der Waals surface area (Å²) < 4.78 is 13.6. The highest BCUT2D eigenvalue weighted by atomic mass is 19.1. The number of urea groups is 1. The minimum atomic E-state index is -0.479. The number of nitrogens with two attached hydrogens (primary N) is 1. The van der Waals surface area contributed by atoms with E-state index < -0.39 is 5.82 Å². The molecule has 0 radical (unpaired) electrons. The Labute approximate surface area is 145 Å². The molecule has 6 nitrogen and oxygen atoms in total. The maximum atomic E-state index is 13.6. The Kier molecular flexibility index (Phi) is 4.83. The van der Waals surface area contributed by atoms with Crippen LogP contribution in [0.5, 0.6) is 0 Å². The molecule has 1 heterocycles. The van der Waals surface area contributed by atoms with Gasteiger partial charge in [0.15, 0.2) is 0 Å². The molecule has 0 aliphatic carbocycles. The van der Waals surface area contributed by atoms with Crippen molar-refractivity contribution >= 4 is 23.3 Å². The Bertz CT molecular complexity index is 771.